The molecule has 1 aromatic rings. The van der Waals surface area contributed by atoms with Gasteiger partial charge in [-0.15, -0.1) is 0 Å². The minimum absolute atomic E-state index is 0.0618. The summed E-state index contributed by atoms with van der Waals surface area (Å²) in [6, 6.07) is -0.454. The van der Waals surface area contributed by atoms with Crippen LogP contribution in [0.25, 0.3) is 0 Å². The number of piperazine rings is 1. The van der Waals surface area contributed by atoms with Crippen molar-refractivity contribution in [2.24, 2.45) is 4.99 Å². The molecule has 1 aromatic heterocycles. The Kier molecular flexibility index (Phi) is 7.68. The van der Waals surface area contributed by atoms with Gasteiger partial charge in [0.2, 0.25) is 11.9 Å². The van der Waals surface area contributed by atoms with Gasteiger partial charge in [0, 0.05) is 44.6 Å². The molecular weight excluding hydrogens is 468 g/mol. The molecule has 0 aromatic carbocycles. The van der Waals surface area contributed by atoms with Gasteiger partial charge in [-0.1, -0.05) is 19.1 Å². The maximum Gasteiger partial charge on any atom is 0.244 e. The molecule has 0 spiro atoms. The molecule has 0 saturated carbocycles. The van der Waals surface area contributed by atoms with Crippen molar-refractivity contribution in [3.8, 4) is 0 Å². The van der Waals surface area contributed by atoms with Crippen LogP contribution in [-0.2, 0) is 19.4 Å². The van der Waals surface area contributed by atoms with Crippen LogP contribution in [0.5, 0.6) is 0 Å². The average Bonchev–Trinajstić information content (AvgIpc) is 3.10. The molecule has 1 saturated heterocycles. The SMILES string of the molecule is CCCOCCC1NC2N=C(n3ccnc3C)NC=C2N(CC2=CC=C(S(C)(=O)=O)C=CC2)C1=O. The maximum absolute atomic E-state index is 13.5. The van der Waals surface area contributed by atoms with Crippen molar-refractivity contribution in [3.05, 3.63) is 64.9 Å². The van der Waals surface area contributed by atoms with E-state index in [1.165, 1.54) is 6.26 Å². The highest BCUT2D eigenvalue weighted by Gasteiger charge is 2.39. The number of nitrogens with one attached hydrogen (secondary N) is 2. The molecule has 10 nitrogen and oxygen atoms in total. The fourth-order valence-electron chi connectivity index (χ4n) is 4.14. The van der Waals surface area contributed by atoms with E-state index in [2.05, 4.69) is 15.6 Å². The fourth-order valence-corrected chi connectivity index (χ4v) is 4.80. The van der Waals surface area contributed by atoms with Gasteiger partial charge in [0.1, 0.15) is 12.0 Å². The third-order valence-electron chi connectivity index (χ3n) is 6.00. The van der Waals surface area contributed by atoms with Crippen LogP contribution in [-0.4, -0.2) is 73.0 Å². The van der Waals surface area contributed by atoms with Crippen LogP contribution in [0.4, 0.5) is 0 Å². The van der Waals surface area contributed by atoms with Gasteiger partial charge in [0.05, 0.1) is 16.6 Å². The number of aliphatic imine (C=N–C) groups is 1. The third kappa shape index (κ3) is 5.80. The Morgan fingerprint density at radius 1 is 1.26 bits per heavy atom. The van der Waals surface area contributed by atoms with Crippen LogP contribution in [0.15, 0.2) is 64.1 Å². The molecular formula is C24H32N6O4S. The summed E-state index contributed by atoms with van der Waals surface area (Å²) in [6.07, 6.45) is 14.9. The molecule has 2 aliphatic heterocycles. The van der Waals surface area contributed by atoms with Gasteiger partial charge in [0.25, 0.3) is 0 Å². The minimum atomic E-state index is -3.31. The molecule has 1 fully saturated rings. The van der Waals surface area contributed by atoms with E-state index in [0.29, 0.717) is 44.3 Å². The molecule has 3 aliphatic rings. The Morgan fingerprint density at radius 3 is 2.80 bits per heavy atom. The Balaban J connectivity index is 1.59. The summed E-state index contributed by atoms with van der Waals surface area (Å²) in [5, 5.41) is 6.57. The molecule has 3 heterocycles. The van der Waals surface area contributed by atoms with Crippen molar-refractivity contribution in [2.45, 2.75) is 45.3 Å². The zero-order valence-electron chi connectivity index (χ0n) is 20.3. The second-order valence-corrected chi connectivity index (χ2v) is 10.7. The van der Waals surface area contributed by atoms with E-state index >= 15 is 0 Å². The van der Waals surface area contributed by atoms with E-state index in [-0.39, 0.29) is 10.8 Å². The number of allylic oxidation sites excluding steroid dienone is 4. The lowest BCUT2D eigenvalue weighted by molar-refractivity contribution is -0.134. The predicted molar refractivity (Wildman–Crippen MR) is 134 cm³/mol. The van der Waals surface area contributed by atoms with Crippen LogP contribution in [0.3, 0.4) is 0 Å². The molecule has 0 bridgehead atoms. The maximum atomic E-state index is 13.5. The number of carbonyl (C=O) groups is 1. The van der Waals surface area contributed by atoms with E-state index in [0.717, 1.165) is 17.8 Å². The highest BCUT2D eigenvalue weighted by Crippen LogP contribution is 2.25. The summed E-state index contributed by atoms with van der Waals surface area (Å²) in [6.45, 7) is 5.40. The number of sulfone groups is 1. The average molecular weight is 501 g/mol. The van der Waals surface area contributed by atoms with E-state index in [4.69, 9.17) is 9.73 Å². The van der Waals surface area contributed by atoms with Crippen LogP contribution in [0, 0.1) is 6.92 Å². The van der Waals surface area contributed by atoms with Crippen LogP contribution < -0.4 is 10.6 Å². The first kappa shape index (κ1) is 25.1. The molecule has 2 N–H and O–H groups in total. The lowest BCUT2D eigenvalue weighted by atomic mass is 10.0. The topological polar surface area (TPSA) is 118 Å². The number of rotatable bonds is 8. The number of fused-ring (bicyclic) bond motifs is 1. The standard InChI is InChI=1S/C24H32N6O4S/c1-4-13-34-14-10-20-23(31)30(16-18-6-5-7-19(9-8-18)35(3,32)33)21-15-26-24(28-22(21)27-20)29-12-11-25-17(29)2/h5,7-9,11-12,15,20,22,27H,4,6,10,13-14,16H2,1-3H3,(H,26,28). The van der Waals surface area contributed by atoms with Crippen molar-refractivity contribution in [1.29, 1.82) is 0 Å². The summed E-state index contributed by atoms with van der Waals surface area (Å²) in [7, 11) is -3.31. The second-order valence-electron chi connectivity index (χ2n) is 8.73. The first-order valence-electron chi connectivity index (χ1n) is 11.7. The summed E-state index contributed by atoms with van der Waals surface area (Å²) in [5.74, 6) is 1.35. The summed E-state index contributed by atoms with van der Waals surface area (Å²) >= 11 is 0. The first-order chi connectivity index (χ1) is 16.8. The Labute approximate surface area is 206 Å². The van der Waals surface area contributed by atoms with E-state index in [1.54, 1.807) is 35.5 Å². The van der Waals surface area contributed by atoms with E-state index < -0.39 is 22.0 Å². The zero-order chi connectivity index (χ0) is 25.0. The van der Waals surface area contributed by atoms with Gasteiger partial charge in [-0.2, -0.15) is 0 Å². The number of carbonyl (C=O) groups excluding carboxylic acids is 1. The van der Waals surface area contributed by atoms with Crippen molar-refractivity contribution in [3.63, 3.8) is 0 Å². The zero-order valence-corrected chi connectivity index (χ0v) is 21.1. The van der Waals surface area contributed by atoms with Crippen molar-refractivity contribution in [2.75, 3.05) is 26.0 Å². The number of ether oxygens (including phenoxy) is 1. The molecule has 188 valence electrons. The molecule has 2 unspecified atom stereocenters. The number of imidazole rings is 1. The largest absolute Gasteiger partial charge is 0.381 e. The highest BCUT2D eigenvalue weighted by molar-refractivity contribution is 7.94. The van der Waals surface area contributed by atoms with Gasteiger partial charge in [-0.25, -0.2) is 18.4 Å². The van der Waals surface area contributed by atoms with Crippen molar-refractivity contribution < 1.29 is 17.9 Å². The lowest BCUT2D eigenvalue weighted by Crippen LogP contribution is -2.60. The predicted octanol–water partition coefficient (Wildman–Crippen LogP) is 1.60. The molecule has 0 radical (unpaired) electrons. The minimum Gasteiger partial charge on any atom is -0.381 e. The van der Waals surface area contributed by atoms with Gasteiger partial charge >= 0.3 is 0 Å². The van der Waals surface area contributed by atoms with Gasteiger partial charge in [-0.05, 0) is 43.9 Å². The lowest BCUT2D eigenvalue weighted by Gasteiger charge is -2.41. The molecule has 1 amide bonds. The normalized spacial score (nSPS) is 22.5. The second kappa shape index (κ2) is 10.7. The number of amides is 1. The van der Waals surface area contributed by atoms with Crippen molar-refractivity contribution in [1.82, 2.24) is 25.1 Å². The molecule has 4 rings (SSSR count). The van der Waals surface area contributed by atoms with Gasteiger partial charge < -0.3 is 15.0 Å². The van der Waals surface area contributed by atoms with E-state index in [9.17, 15) is 13.2 Å². The number of hydrogen-bond donors (Lipinski definition) is 2. The summed E-state index contributed by atoms with van der Waals surface area (Å²) in [4.78, 5) is 24.6. The number of aryl methyl sites for hydroxylation is 1. The Hall–Kier alpha value is -3.02. The number of nitrogens with zero attached hydrogens (tertiary/aromatic N) is 4. The molecule has 1 aliphatic carbocycles. The number of hydrogen-bond acceptors (Lipinski definition) is 8. The smallest absolute Gasteiger partial charge is 0.244 e. The van der Waals surface area contributed by atoms with Crippen LogP contribution >= 0.6 is 0 Å². The first-order valence-corrected chi connectivity index (χ1v) is 13.6. The quantitative estimate of drug-likeness (QED) is 0.521. The van der Waals surface area contributed by atoms with Crippen LogP contribution in [0.1, 0.15) is 32.0 Å². The van der Waals surface area contributed by atoms with Gasteiger partial charge in [0.15, 0.2) is 9.84 Å². The Bertz CT molecular complexity index is 1220. The molecule has 11 heteroatoms. The van der Waals surface area contributed by atoms with E-state index in [1.807, 2.05) is 30.7 Å². The van der Waals surface area contributed by atoms with Gasteiger partial charge in [-0.3, -0.25) is 14.7 Å². The summed E-state index contributed by atoms with van der Waals surface area (Å²) in [5.41, 5.74) is 1.64. The Morgan fingerprint density at radius 2 is 2.09 bits per heavy atom. The monoisotopic (exact) mass is 500 g/mol. The highest BCUT2D eigenvalue weighted by atomic mass is 32.2. The van der Waals surface area contributed by atoms with Crippen molar-refractivity contribution >= 4 is 21.7 Å². The number of aromatic nitrogens is 2. The summed E-state index contributed by atoms with van der Waals surface area (Å²) < 4.78 is 31.4. The molecule has 35 heavy (non-hydrogen) atoms. The molecule has 2 atom stereocenters. The fraction of sp³-hybridized carbons (Fsp3) is 0.458. The van der Waals surface area contributed by atoms with Crippen LogP contribution in [0.2, 0.25) is 0 Å². The third-order valence-corrected chi connectivity index (χ3v) is 7.13.